The number of nitrogens with zero attached hydrogens (tertiary/aromatic N) is 3. The summed E-state index contributed by atoms with van der Waals surface area (Å²) < 4.78 is 33.8. The molecule has 0 atom stereocenters. The largest absolute Gasteiger partial charge is 0.505 e. The van der Waals surface area contributed by atoms with Crippen LogP contribution in [0.3, 0.4) is 0 Å². The summed E-state index contributed by atoms with van der Waals surface area (Å²) >= 11 is 6.51. The number of halogens is 3. The molecule has 1 N–H and O–H groups in total. The third-order valence-electron chi connectivity index (χ3n) is 4.99. The Balaban J connectivity index is 1.72. The van der Waals surface area contributed by atoms with Crippen LogP contribution in [0.25, 0.3) is 16.6 Å². The second-order valence-electron chi connectivity index (χ2n) is 6.60. The fraction of sp³-hybridized carbons (Fsp3) is 0.316. The van der Waals surface area contributed by atoms with E-state index in [-0.39, 0.29) is 11.8 Å². The molecule has 1 aliphatic heterocycles. The number of fused-ring (bicyclic) bond motifs is 1. The third-order valence-corrected chi connectivity index (χ3v) is 5.29. The van der Waals surface area contributed by atoms with E-state index in [1.807, 2.05) is 6.07 Å². The van der Waals surface area contributed by atoms with Crippen molar-refractivity contribution in [2.24, 2.45) is 0 Å². The van der Waals surface area contributed by atoms with E-state index in [1.165, 1.54) is 4.68 Å². The summed E-state index contributed by atoms with van der Waals surface area (Å²) in [6.45, 7) is 1.68. The summed E-state index contributed by atoms with van der Waals surface area (Å²) in [5.74, 6) is -3.19. The number of aromatic nitrogens is 2. The van der Waals surface area contributed by atoms with E-state index in [1.54, 1.807) is 19.4 Å². The van der Waals surface area contributed by atoms with Crippen LogP contribution >= 0.6 is 11.6 Å². The van der Waals surface area contributed by atoms with Gasteiger partial charge in [0.25, 0.3) is 0 Å². The van der Waals surface area contributed by atoms with Crippen molar-refractivity contribution < 1.29 is 18.6 Å². The van der Waals surface area contributed by atoms with Crippen molar-refractivity contribution in [2.45, 2.75) is 18.9 Å². The van der Waals surface area contributed by atoms with Crippen LogP contribution in [0, 0.1) is 11.6 Å². The van der Waals surface area contributed by atoms with Crippen molar-refractivity contribution in [1.82, 2.24) is 9.78 Å². The highest BCUT2D eigenvalue weighted by Crippen LogP contribution is 2.34. The monoisotopic (exact) mass is 393 g/mol. The van der Waals surface area contributed by atoms with Crippen molar-refractivity contribution in [3.05, 3.63) is 47.1 Å². The summed E-state index contributed by atoms with van der Waals surface area (Å²) in [5, 5.41) is 15.2. The summed E-state index contributed by atoms with van der Waals surface area (Å²) in [5.41, 5.74) is 1.76. The van der Waals surface area contributed by atoms with Crippen LogP contribution in [-0.2, 0) is 4.74 Å². The molecule has 1 aromatic heterocycles. The summed E-state index contributed by atoms with van der Waals surface area (Å²) in [6, 6.07) is 5.80. The zero-order valence-electron chi connectivity index (χ0n) is 14.6. The van der Waals surface area contributed by atoms with Crippen molar-refractivity contribution in [1.29, 1.82) is 0 Å². The van der Waals surface area contributed by atoms with Crippen molar-refractivity contribution >= 4 is 28.2 Å². The number of methoxy groups -OCH3 is 1. The molecule has 2 aromatic carbocycles. The van der Waals surface area contributed by atoms with Gasteiger partial charge in [0.15, 0.2) is 17.4 Å². The first-order valence-corrected chi connectivity index (χ1v) is 8.99. The van der Waals surface area contributed by atoms with Gasteiger partial charge in [0.2, 0.25) is 0 Å². The Kier molecular flexibility index (Phi) is 4.65. The maximum absolute atomic E-state index is 13.7. The fourth-order valence-electron chi connectivity index (χ4n) is 3.50. The quantitative estimate of drug-likeness (QED) is 0.721. The number of phenols is 1. The second kappa shape index (κ2) is 6.98. The number of ether oxygens (including phenoxy) is 1. The first kappa shape index (κ1) is 18.0. The molecule has 27 heavy (non-hydrogen) atoms. The number of benzene rings is 2. The van der Waals surface area contributed by atoms with Gasteiger partial charge in [0.05, 0.1) is 34.2 Å². The van der Waals surface area contributed by atoms with Gasteiger partial charge in [-0.1, -0.05) is 11.6 Å². The van der Waals surface area contributed by atoms with Gasteiger partial charge in [-0.3, -0.25) is 0 Å². The highest BCUT2D eigenvalue weighted by atomic mass is 35.5. The first-order valence-electron chi connectivity index (χ1n) is 8.61. The second-order valence-corrected chi connectivity index (χ2v) is 7.01. The molecule has 1 saturated heterocycles. The molecule has 0 bridgehead atoms. The molecule has 0 unspecified atom stereocenters. The van der Waals surface area contributed by atoms with Crippen molar-refractivity contribution in [2.75, 3.05) is 25.1 Å². The SMILES string of the molecule is COC1CCN(c2cc3cnn(-c4cc(O)c(F)c(F)c4)c3cc2Cl)CC1. The Hall–Kier alpha value is -2.38. The normalized spacial score (nSPS) is 15.6. The minimum atomic E-state index is -1.28. The predicted molar refractivity (Wildman–Crippen MR) is 99.9 cm³/mol. The maximum Gasteiger partial charge on any atom is 0.200 e. The minimum absolute atomic E-state index is 0.214. The number of aromatic hydroxyl groups is 1. The van der Waals surface area contributed by atoms with Gasteiger partial charge in [-0.25, -0.2) is 9.07 Å². The van der Waals surface area contributed by atoms with Crippen molar-refractivity contribution in [3.8, 4) is 11.4 Å². The lowest BCUT2D eigenvalue weighted by Gasteiger charge is -2.33. The molecule has 2 heterocycles. The van der Waals surface area contributed by atoms with Gasteiger partial charge in [-0.05, 0) is 25.0 Å². The van der Waals surface area contributed by atoms with E-state index in [9.17, 15) is 13.9 Å². The Bertz CT molecular complexity index is 977. The number of hydrogen-bond donors (Lipinski definition) is 1. The van der Waals surface area contributed by atoms with Crippen LogP contribution in [0.2, 0.25) is 5.02 Å². The maximum atomic E-state index is 13.7. The number of anilines is 1. The lowest BCUT2D eigenvalue weighted by Crippen LogP contribution is -2.36. The van der Waals surface area contributed by atoms with E-state index in [2.05, 4.69) is 10.00 Å². The lowest BCUT2D eigenvalue weighted by molar-refractivity contribution is 0.0819. The van der Waals surface area contributed by atoms with Gasteiger partial charge in [-0.15, -0.1) is 0 Å². The zero-order chi connectivity index (χ0) is 19.1. The van der Waals surface area contributed by atoms with E-state index in [0.29, 0.717) is 10.5 Å². The van der Waals surface area contributed by atoms with E-state index in [4.69, 9.17) is 16.3 Å². The Labute approximate surface area is 159 Å². The Morgan fingerprint density at radius 1 is 1.19 bits per heavy atom. The van der Waals surface area contributed by atoms with Crippen LogP contribution in [0.1, 0.15) is 12.8 Å². The molecule has 3 aromatic rings. The van der Waals surface area contributed by atoms with E-state index >= 15 is 0 Å². The Morgan fingerprint density at radius 2 is 1.93 bits per heavy atom. The Morgan fingerprint density at radius 3 is 2.59 bits per heavy atom. The van der Waals surface area contributed by atoms with Gasteiger partial charge in [0, 0.05) is 37.7 Å². The summed E-state index contributed by atoms with van der Waals surface area (Å²) in [4.78, 5) is 2.21. The number of phenolic OH excluding ortho intramolecular Hbond substituents is 1. The number of piperidine rings is 1. The molecule has 0 saturated carbocycles. The predicted octanol–water partition coefficient (Wildman–Crippen LogP) is 4.28. The highest BCUT2D eigenvalue weighted by Gasteiger charge is 2.22. The van der Waals surface area contributed by atoms with Gasteiger partial charge in [-0.2, -0.15) is 9.49 Å². The average molecular weight is 394 g/mol. The van der Waals surface area contributed by atoms with Crippen LogP contribution in [0.15, 0.2) is 30.5 Å². The van der Waals surface area contributed by atoms with Crippen LogP contribution in [0.4, 0.5) is 14.5 Å². The summed E-state index contributed by atoms with van der Waals surface area (Å²) in [7, 11) is 1.73. The minimum Gasteiger partial charge on any atom is -0.505 e. The molecule has 0 aliphatic carbocycles. The van der Waals surface area contributed by atoms with Gasteiger partial charge >= 0.3 is 0 Å². The molecule has 142 valence electrons. The molecule has 0 amide bonds. The standard InChI is InChI=1S/C19H18ClF2N3O2/c1-27-13-2-4-24(5-3-13)17-6-11-10-23-25(16(11)9-14(17)20)12-7-15(21)19(22)18(26)8-12/h6-10,13,26H,2-5H2,1H3. The topological polar surface area (TPSA) is 50.5 Å². The molecular formula is C19H18ClF2N3O2. The van der Waals surface area contributed by atoms with Crippen molar-refractivity contribution in [3.63, 3.8) is 0 Å². The highest BCUT2D eigenvalue weighted by molar-refractivity contribution is 6.34. The average Bonchev–Trinajstić information content (AvgIpc) is 3.08. The first-order chi connectivity index (χ1) is 13.0. The van der Waals surface area contributed by atoms with Crippen LogP contribution in [-0.4, -0.2) is 41.2 Å². The third kappa shape index (κ3) is 3.21. The lowest BCUT2D eigenvalue weighted by atomic mass is 10.1. The molecule has 0 radical (unpaired) electrons. The summed E-state index contributed by atoms with van der Waals surface area (Å²) in [6.07, 6.45) is 3.76. The molecule has 4 rings (SSSR count). The molecule has 0 spiro atoms. The van der Waals surface area contributed by atoms with E-state index in [0.717, 1.165) is 49.1 Å². The van der Waals surface area contributed by atoms with Crippen LogP contribution < -0.4 is 4.90 Å². The van der Waals surface area contributed by atoms with Gasteiger partial charge in [0.1, 0.15) is 0 Å². The fourth-order valence-corrected chi connectivity index (χ4v) is 3.78. The molecule has 1 fully saturated rings. The molecule has 1 aliphatic rings. The van der Waals surface area contributed by atoms with E-state index < -0.39 is 17.4 Å². The number of rotatable bonds is 3. The zero-order valence-corrected chi connectivity index (χ0v) is 15.4. The number of hydrogen-bond acceptors (Lipinski definition) is 4. The van der Waals surface area contributed by atoms with Gasteiger partial charge < -0.3 is 14.7 Å². The molecule has 8 heteroatoms. The molecule has 5 nitrogen and oxygen atoms in total. The van der Waals surface area contributed by atoms with Crippen LogP contribution in [0.5, 0.6) is 5.75 Å². The molecular weight excluding hydrogens is 376 g/mol. The smallest absolute Gasteiger partial charge is 0.200 e.